The zero-order chi connectivity index (χ0) is 15.3. The van der Waals surface area contributed by atoms with Crippen LogP contribution in [0.4, 0.5) is 10.1 Å². The molecule has 116 valence electrons. The number of morpholine rings is 1. The van der Waals surface area contributed by atoms with Gasteiger partial charge in [0.1, 0.15) is 5.82 Å². The second-order valence-corrected chi connectivity index (χ2v) is 6.31. The van der Waals surface area contributed by atoms with Crippen LogP contribution in [-0.4, -0.2) is 43.0 Å². The van der Waals surface area contributed by atoms with Crippen molar-refractivity contribution in [1.82, 2.24) is 4.90 Å². The summed E-state index contributed by atoms with van der Waals surface area (Å²) < 4.78 is 19.4. The van der Waals surface area contributed by atoms with E-state index >= 15 is 0 Å². The fourth-order valence-corrected chi connectivity index (χ4v) is 3.03. The number of hydrogen-bond acceptors (Lipinski definition) is 3. The van der Waals surface area contributed by atoms with E-state index in [1.807, 2.05) is 0 Å². The van der Waals surface area contributed by atoms with Crippen LogP contribution in [0.2, 0.25) is 0 Å². The Hall–Kier alpha value is -1.95. The van der Waals surface area contributed by atoms with Crippen LogP contribution in [0.1, 0.15) is 23.2 Å². The Balaban J connectivity index is 1.47. The number of nitrogens with one attached hydrogen (secondary N) is 1. The van der Waals surface area contributed by atoms with Crippen molar-refractivity contribution >= 4 is 17.5 Å². The van der Waals surface area contributed by atoms with Crippen molar-refractivity contribution in [2.24, 2.45) is 11.3 Å². The molecule has 4 rings (SSSR count). The molecule has 1 aliphatic heterocycles. The minimum absolute atomic E-state index is 0.0239. The minimum atomic E-state index is -0.602. The number of halogens is 1. The van der Waals surface area contributed by atoms with Crippen molar-refractivity contribution in [2.75, 3.05) is 31.6 Å². The molecular formula is C16H17FN2O3. The molecule has 2 amide bonds. The lowest BCUT2D eigenvalue weighted by Crippen LogP contribution is -2.41. The van der Waals surface area contributed by atoms with Crippen LogP contribution in [0.25, 0.3) is 0 Å². The van der Waals surface area contributed by atoms with E-state index in [0.29, 0.717) is 37.9 Å². The van der Waals surface area contributed by atoms with Gasteiger partial charge in [-0.2, -0.15) is 0 Å². The topological polar surface area (TPSA) is 58.6 Å². The smallest absolute Gasteiger partial charge is 0.256 e. The molecule has 0 aromatic heterocycles. The quantitative estimate of drug-likeness (QED) is 0.923. The maximum Gasteiger partial charge on any atom is 0.256 e. The summed E-state index contributed by atoms with van der Waals surface area (Å²) in [5.41, 5.74) is 0.292. The highest BCUT2D eigenvalue weighted by atomic mass is 19.1. The van der Waals surface area contributed by atoms with Crippen LogP contribution < -0.4 is 5.32 Å². The molecule has 2 aliphatic carbocycles. The van der Waals surface area contributed by atoms with Crippen LogP contribution in [0.15, 0.2) is 18.2 Å². The lowest BCUT2D eigenvalue weighted by atomic mass is 10.1. The molecule has 22 heavy (non-hydrogen) atoms. The molecule has 0 atom stereocenters. The summed E-state index contributed by atoms with van der Waals surface area (Å²) in [5.74, 6) is -0.416. The number of carbonyl (C=O) groups is 2. The Kier molecular flexibility index (Phi) is 2.97. The number of fused-ring (bicyclic) bond motifs is 1. The largest absolute Gasteiger partial charge is 0.378 e. The number of hydrogen-bond donors (Lipinski definition) is 1. The number of amides is 2. The molecule has 3 fully saturated rings. The highest BCUT2D eigenvalue weighted by Crippen LogP contribution is 2.75. The molecule has 1 heterocycles. The van der Waals surface area contributed by atoms with Crippen LogP contribution in [0.5, 0.6) is 0 Å². The van der Waals surface area contributed by atoms with E-state index in [1.54, 1.807) is 11.0 Å². The first-order valence-electron chi connectivity index (χ1n) is 7.58. The van der Waals surface area contributed by atoms with Gasteiger partial charge in [-0.3, -0.25) is 9.59 Å². The molecule has 0 bridgehead atoms. The number of rotatable bonds is 3. The lowest BCUT2D eigenvalue weighted by molar-refractivity contribution is -0.119. The van der Waals surface area contributed by atoms with Gasteiger partial charge in [-0.15, -0.1) is 0 Å². The minimum Gasteiger partial charge on any atom is -0.378 e. The molecule has 5 nitrogen and oxygen atoms in total. The number of carbonyl (C=O) groups excluding carboxylic acids is 2. The summed E-state index contributed by atoms with van der Waals surface area (Å²) in [7, 11) is 0. The standard InChI is InChI=1S/C16H17FN2O3/c17-13-7-11(18-15(21)16-8-10(16)9-16)1-2-12(13)14(20)19-3-5-22-6-4-19/h1-2,7,10H,3-6,8-9H2,(H,18,21). The third-order valence-electron chi connectivity index (χ3n) is 4.89. The maximum atomic E-state index is 14.2. The van der Waals surface area contributed by atoms with E-state index in [2.05, 4.69) is 5.32 Å². The van der Waals surface area contributed by atoms with Crippen LogP contribution in [-0.2, 0) is 9.53 Å². The molecule has 1 aromatic carbocycles. The van der Waals surface area contributed by atoms with Gasteiger partial charge in [-0.1, -0.05) is 0 Å². The van der Waals surface area contributed by atoms with E-state index in [-0.39, 0.29) is 22.8 Å². The Morgan fingerprint density at radius 1 is 1.27 bits per heavy atom. The van der Waals surface area contributed by atoms with Gasteiger partial charge in [0.05, 0.1) is 24.2 Å². The van der Waals surface area contributed by atoms with Gasteiger partial charge in [-0.05, 0) is 37.0 Å². The van der Waals surface area contributed by atoms with E-state index in [0.717, 1.165) is 12.8 Å². The average Bonchev–Trinajstić information content (AvgIpc) is 3.37. The third kappa shape index (κ3) is 2.18. The van der Waals surface area contributed by atoms with Crippen LogP contribution in [0.3, 0.4) is 0 Å². The second kappa shape index (κ2) is 4.78. The first-order valence-corrected chi connectivity index (χ1v) is 7.58. The van der Waals surface area contributed by atoms with Gasteiger partial charge in [0.15, 0.2) is 0 Å². The fourth-order valence-electron chi connectivity index (χ4n) is 3.03. The van der Waals surface area contributed by atoms with E-state index < -0.39 is 5.82 Å². The maximum absolute atomic E-state index is 14.2. The van der Waals surface area contributed by atoms with E-state index in [4.69, 9.17) is 4.74 Å². The van der Waals surface area contributed by atoms with Crippen molar-refractivity contribution in [3.8, 4) is 0 Å². The number of ether oxygens (including phenoxy) is 1. The van der Waals surface area contributed by atoms with Crippen molar-refractivity contribution in [1.29, 1.82) is 0 Å². The SMILES string of the molecule is O=C(c1ccc(NC(=O)C23CC2C3)cc1F)N1CCOCC1. The second-order valence-electron chi connectivity index (χ2n) is 6.31. The predicted octanol–water partition coefficient (Wildman–Crippen LogP) is 1.65. The summed E-state index contributed by atoms with van der Waals surface area (Å²) in [4.78, 5) is 25.8. The number of benzene rings is 1. The van der Waals surface area contributed by atoms with Crippen molar-refractivity contribution in [2.45, 2.75) is 12.8 Å². The highest BCUT2D eigenvalue weighted by Gasteiger charge is 2.74. The number of nitrogens with zero attached hydrogens (tertiary/aromatic N) is 1. The van der Waals surface area contributed by atoms with Gasteiger partial charge >= 0.3 is 0 Å². The normalized spacial score (nSPS) is 28.8. The lowest BCUT2D eigenvalue weighted by Gasteiger charge is -2.27. The van der Waals surface area contributed by atoms with Crippen molar-refractivity contribution in [3.05, 3.63) is 29.6 Å². The average molecular weight is 304 g/mol. The van der Waals surface area contributed by atoms with Gasteiger partial charge < -0.3 is 15.0 Å². The fraction of sp³-hybridized carbons (Fsp3) is 0.500. The van der Waals surface area contributed by atoms with E-state index in [9.17, 15) is 14.0 Å². The van der Waals surface area contributed by atoms with Gasteiger partial charge in [0.2, 0.25) is 5.91 Å². The van der Waals surface area contributed by atoms with Crippen molar-refractivity contribution in [3.63, 3.8) is 0 Å². The summed E-state index contributed by atoms with van der Waals surface area (Å²) in [6.45, 7) is 1.90. The summed E-state index contributed by atoms with van der Waals surface area (Å²) >= 11 is 0. The van der Waals surface area contributed by atoms with E-state index in [1.165, 1.54) is 12.1 Å². The van der Waals surface area contributed by atoms with Crippen LogP contribution in [0, 0.1) is 17.2 Å². The van der Waals surface area contributed by atoms with Gasteiger partial charge in [-0.25, -0.2) is 4.39 Å². The molecule has 0 unspecified atom stereocenters. The molecule has 2 saturated carbocycles. The molecule has 6 heteroatoms. The molecule has 0 radical (unpaired) electrons. The molecule has 1 saturated heterocycles. The zero-order valence-electron chi connectivity index (χ0n) is 12.1. The summed E-state index contributed by atoms with van der Waals surface area (Å²) in [6, 6.07) is 4.25. The zero-order valence-corrected chi connectivity index (χ0v) is 12.1. The van der Waals surface area contributed by atoms with Gasteiger partial charge in [0, 0.05) is 18.8 Å². The summed E-state index contributed by atoms with van der Waals surface area (Å²) in [5, 5.41) is 2.75. The first kappa shape index (κ1) is 13.7. The number of anilines is 1. The molecular weight excluding hydrogens is 287 g/mol. The molecule has 1 N–H and O–H groups in total. The molecule has 1 aromatic rings. The Bertz CT molecular complexity index is 649. The van der Waals surface area contributed by atoms with Gasteiger partial charge in [0.25, 0.3) is 5.91 Å². The third-order valence-corrected chi connectivity index (χ3v) is 4.89. The van der Waals surface area contributed by atoms with Crippen molar-refractivity contribution < 1.29 is 18.7 Å². The Morgan fingerprint density at radius 3 is 2.55 bits per heavy atom. The first-order chi connectivity index (χ1) is 10.6. The Labute approximate surface area is 127 Å². The predicted molar refractivity (Wildman–Crippen MR) is 76.9 cm³/mol. The van der Waals surface area contributed by atoms with Crippen LogP contribution >= 0.6 is 0 Å². The highest BCUT2D eigenvalue weighted by molar-refractivity contribution is 6.01. The summed E-state index contributed by atoms with van der Waals surface area (Å²) in [6.07, 6.45) is 1.91. The Morgan fingerprint density at radius 2 is 1.95 bits per heavy atom. The molecule has 0 spiro atoms. The molecule has 3 aliphatic rings. The monoisotopic (exact) mass is 304 g/mol.